The van der Waals surface area contributed by atoms with E-state index in [2.05, 4.69) is 4.74 Å². The number of halogens is 3. The van der Waals surface area contributed by atoms with Crippen molar-refractivity contribution in [2.75, 3.05) is 7.05 Å². The lowest BCUT2D eigenvalue weighted by Crippen LogP contribution is -2.38. The largest absolute Gasteiger partial charge is 0.573 e. The van der Waals surface area contributed by atoms with Crippen LogP contribution in [0.5, 0.6) is 5.75 Å². The zero-order valence-corrected chi connectivity index (χ0v) is 13.0. The lowest BCUT2D eigenvalue weighted by Gasteiger charge is -2.30. The number of benzene rings is 1. The molecular formula is C14H18F3NO3S. The van der Waals surface area contributed by atoms with Gasteiger partial charge in [-0.2, -0.15) is 4.31 Å². The zero-order valence-electron chi connectivity index (χ0n) is 12.1. The third-order valence-corrected chi connectivity index (χ3v) is 5.75. The summed E-state index contributed by atoms with van der Waals surface area (Å²) in [5.41, 5.74) is 0. The lowest BCUT2D eigenvalue weighted by atomic mass is 9.96. The average Bonchev–Trinajstić information content (AvgIpc) is 2.46. The third kappa shape index (κ3) is 4.13. The minimum absolute atomic E-state index is 0.0323. The Bertz CT molecular complexity index is 593. The highest BCUT2D eigenvalue weighted by molar-refractivity contribution is 7.89. The normalized spacial score (nSPS) is 17.7. The number of alkyl halides is 3. The number of rotatable bonds is 4. The van der Waals surface area contributed by atoms with E-state index >= 15 is 0 Å². The van der Waals surface area contributed by atoms with E-state index in [1.54, 1.807) is 0 Å². The molecule has 0 aromatic heterocycles. The Morgan fingerprint density at radius 2 is 1.64 bits per heavy atom. The predicted molar refractivity (Wildman–Crippen MR) is 74.9 cm³/mol. The van der Waals surface area contributed by atoms with Crippen molar-refractivity contribution in [2.24, 2.45) is 0 Å². The summed E-state index contributed by atoms with van der Waals surface area (Å²) in [6, 6.07) is 4.24. The van der Waals surface area contributed by atoms with Crippen LogP contribution in [0.3, 0.4) is 0 Å². The molecule has 1 saturated carbocycles. The van der Waals surface area contributed by atoms with Crippen LogP contribution < -0.4 is 4.74 Å². The van der Waals surface area contributed by atoms with Crippen molar-refractivity contribution in [2.45, 2.75) is 49.4 Å². The molecule has 2 rings (SSSR count). The first-order chi connectivity index (χ1) is 10.2. The van der Waals surface area contributed by atoms with Crippen molar-refractivity contribution in [3.63, 3.8) is 0 Å². The van der Waals surface area contributed by atoms with E-state index in [1.807, 2.05) is 0 Å². The van der Waals surface area contributed by atoms with Crippen LogP contribution in [-0.4, -0.2) is 32.2 Å². The van der Waals surface area contributed by atoms with E-state index in [4.69, 9.17) is 0 Å². The van der Waals surface area contributed by atoms with Crippen molar-refractivity contribution >= 4 is 10.0 Å². The fourth-order valence-corrected chi connectivity index (χ4v) is 4.04. The van der Waals surface area contributed by atoms with Crippen molar-refractivity contribution in [1.29, 1.82) is 0 Å². The van der Waals surface area contributed by atoms with Gasteiger partial charge in [-0.15, -0.1) is 13.2 Å². The Labute approximate surface area is 127 Å². The van der Waals surface area contributed by atoms with Crippen LogP contribution in [0.25, 0.3) is 0 Å². The molecule has 22 heavy (non-hydrogen) atoms. The van der Waals surface area contributed by atoms with E-state index in [0.29, 0.717) is 0 Å². The number of ether oxygens (including phenoxy) is 1. The van der Waals surface area contributed by atoms with Crippen LogP contribution in [0.4, 0.5) is 13.2 Å². The summed E-state index contributed by atoms with van der Waals surface area (Å²) in [7, 11) is -2.18. The summed E-state index contributed by atoms with van der Waals surface area (Å²) < 4.78 is 66.3. The van der Waals surface area contributed by atoms with E-state index < -0.39 is 22.1 Å². The molecule has 0 bridgehead atoms. The molecule has 0 amide bonds. The van der Waals surface area contributed by atoms with E-state index in [-0.39, 0.29) is 10.9 Å². The minimum Gasteiger partial charge on any atom is -0.406 e. The Morgan fingerprint density at radius 1 is 1.09 bits per heavy atom. The van der Waals surface area contributed by atoms with Crippen LogP contribution >= 0.6 is 0 Å². The van der Waals surface area contributed by atoms with Crippen LogP contribution in [0, 0.1) is 0 Å². The maximum atomic E-state index is 12.5. The summed E-state index contributed by atoms with van der Waals surface area (Å²) in [6.45, 7) is 0. The summed E-state index contributed by atoms with van der Waals surface area (Å²) >= 11 is 0. The van der Waals surface area contributed by atoms with Crippen molar-refractivity contribution in [1.82, 2.24) is 4.31 Å². The second-order valence-corrected chi connectivity index (χ2v) is 7.33. The van der Waals surface area contributed by atoms with Gasteiger partial charge in [0.15, 0.2) is 0 Å². The van der Waals surface area contributed by atoms with Gasteiger partial charge in [0.25, 0.3) is 0 Å². The van der Waals surface area contributed by atoms with Gasteiger partial charge < -0.3 is 4.74 Å². The first kappa shape index (κ1) is 17.1. The molecule has 0 heterocycles. The zero-order chi connectivity index (χ0) is 16.4. The molecule has 0 saturated heterocycles. The second kappa shape index (κ2) is 6.45. The van der Waals surface area contributed by atoms with Gasteiger partial charge in [0, 0.05) is 13.1 Å². The molecule has 0 radical (unpaired) electrons. The smallest absolute Gasteiger partial charge is 0.406 e. The quantitative estimate of drug-likeness (QED) is 0.844. The Balaban J connectivity index is 2.15. The Kier molecular flexibility index (Phi) is 5.01. The maximum Gasteiger partial charge on any atom is 0.573 e. The number of hydrogen-bond acceptors (Lipinski definition) is 3. The summed E-state index contributed by atoms with van der Waals surface area (Å²) in [6.07, 6.45) is -0.0884. The predicted octanol–water partition coefficient (Wildman–Crippen LogP) is 3.54. The molecule has 1 aliphatic carbocycles. The highest BCUT2D eigenvalue weighted by Gasteiger charge is 2.32. The van der Waals surface area contributed by atoms with Crippen molar-refractivity contribution < 1.29 is 26.3 Å². The highest BCUT2D eigenvalue weighted by Crippen LogP contribution is 2.28. The molecule has 0 unspecified atom stereocenters. The van der Waals surface area contributed by atoms with Crippen LogP contribution in [-0.2, 0) is 10.0 Å². The summed E-state index contributed by atoms with van der Waals surface area (Å²) in [5, 5.41) is 0. The number of hydrogen-bond donors (Lipinski definition) is 0. The lowest BCUT2D eigenvalue weighted by molar-refractivity contribution is -0.274. The summed E-state index contributed by atoms with van der Waals surface area (Å²) in [5.74, 6) is -0.438. The Hall–Kier alpha value is -1.28. The van der Waals surface area contributed by atoms with Gasteiger partial charge in [0.2, 0.25) is 10.0 Å². The van der Waals surface area contributed by atoms with E-state index in [9.17, 15) is 21.6 Å². The first-order valence-corrected chi connectivity index (χ1v) is 8.48. The van der Waals surface area contributed by atoms with Gasteiger partial charge in [-0.05, 0) is 37.1 Å². The topological polar surface area (TPSA) is 46.6 Å². The maximum absolute atomic E-state index is 12.5. The van der Waals surface area contributed by atoms with Crippen LogP contribution in [0.15, 0.2) is 29.2 Å². The fraction of sp³-hybridized carbons (Fsp3) is 0.571. The number of nitrogens with zero attached hydrogens (tertiary/aromatic N) is 1. The molecule has 0 spiro atoms. The second-order valence-electron chi connectivity index (χ2n) is 5.33. The number of sulfonamides is 1. The monoisotopic (exact) mass is 337 g/mol. The van der Waals surface area contributed by atoms with Gasteiger partial charge in [-0.3, -0.25) is 0 Å². The average molecular weight is 337 g/mol. The molecular weight excluding hydrogens is 319 g/mol. The molecule has 1 aliphatic rings. The highest BCUT2D eigenvalue weighted by atomic mass is 32.2. The molecule has 1 aromatic rings. The fourth-order valence-electron chi connectivity index (χ4n) is 2.62. The first-order valence-electron chi connectivity index (χ1n) is 7.04. The van der Waals surface area contributed by atoms with Gasteiger partial charge in [-0.1, -0.05) is 19.3 Å². The molecule has 1 fully saturated rings. The van der Waals surface area contributed by atoms with E-state index in [1.165, 1.54) is 11.4 Å². The van der Waals surface area contributed by atoms with Gasteiger partial charge >= 0.3 is 6.36 Å². The van der Waals surface area contributed by atoms with Crippen molar-refractivity contribution in [3.8, 4) is 5.75 Å². The Morgan fingerprint density at radius 3 is 2.14 bits per heavy atom. The molecule has 124 valence electrons. The summed E-state index contributed by atoms with van der Waals surface area (Å²) in [4.78, 5) is -0.0323. The minimum atomic E-state index is -4.79. The molecule has 8 heteroatoms. The van der Waals surface area contributed by atoms with Crippen LogP contribution in [0.1, 0.15) is 32.1 Å². The van der Waals surface area contributed by atoms with Gasteiger partial charge in [0.1, 0.15) is 5.75 Å². The standard InChI is InChI=1S/C14H18F3NO3S/c1-18(11-5-3-2-4-6-11)22(19,20)13-9-7-12(8-10-13)21-14(15,16)17/h7-11H,2-6H2,1H3. The van der Waals surface area contributed by atoms with Crippen LogP contribution in [0.2, 0.25) is 0 Å². The van der Waals surface area contributed by atoms with E-state index in [0.717, 1.165) is 56.4 Å². The molecule has 4 nitrogen and oxygen atoms in total. The molecule has 0 N–H and O–H groups in total. The van der Waals surface area contributed by atoms with Crippen molar-refractivity contribution in [3.05, 3.63) is 24.3 Å². The molecule has 0 aliphatic heterocycles. The molecule has 1 aromatic carbocycles. The van der Waals surface area contributed by atoms with Gasteiger partial charge in [0.05, 0.1) is 4.90 Å². The third-order valence-electron chi connectivity index (χ3n) is 3.82. The van der Waals surface area contributed by atoms with Gasteiger partial charge in [-0.25, -0.2) is 8.42 Å². The molecule has 0 atom stereocenters. The SMILES string of the molecule is CN(C1CCCCC1)S(=O)(=O)c1ccc(OC(F)(F)F)cc1.